The van der Waals surface area contributed by atoms with Gasteiger partial charge in [-0.15, -0.1) is 0 Å². The van der Waals surface area contributed by atoms with Gasteiger partial charge in [-0.05, 0) is 6.42 Å². The minimum Gasteiger partial charge on any atom is -0.726 e. The molecule has 0 N–H and O–H groups in total. The average Bonchev–Trinajstić information content (AvgIpc) is 2.58. The highest BCUT2D eigenvalue weighted by Gasteiger charge is 2.02. The molecule has 0 saturated heterocycles. The molecule has 0 aliphatic rings. The molecule has 5 nitrogen and oxygen atoms in total. The van der Waals surface area contributed by atoms with E-state index >= 15 is 0 Å². The Labute approximate surface area is 154 Å². The molecule has 1 aromatic heterocycles. The SMILES string of the molecule is CCCCCCCCCCCC[n+]1ccccc1C.COS(=O)(=O)[O-]. The third-order valence-corrected chi connectivity index (χ3v) is 4.53. The fourth-order valence-electron chi connectivity index (χ4n) is 2.58. The molecule has 0 radical (unpaired) electrons. The van der Waals surface area contributed by atoms with Crippen LogP contribution in [0.25, 0.3) is 0 Å². The first kappa shape index (κ1) is 24.0. The summed E-state index contributed by atoms with van der Waals surface area (Å²) in [5, 5.41) is 0. The van der Waals surface area contributed by atoms with Gasteiger partial charge in [0.2, 0.25) is 10.4 Å². The summed E-state index contributed by atoms with van der Waals surface area (Å²) >= 11 is 0. The lowest BCUT2D eigenvalue weighted by Crippen LogP contribution is -2.36. The van der Waals surface area contributed by atoms with Crippen LogP contribution < -0.4 is 4.57 Å². The molecule has 0 unspecified atom stereocenters. The van der Waals surface area contributed by atoms with E-state index < -0.39 is 10.4 Å². The van der Waals surface area contributed by atoms with E-state index in [-0.39, 0.29) is 0 Å². The van der Waals surface area contributed by atoms with E-state index in [2.05, 4.69) is 47.0 Å². The Morgan fingerprint density at radius 2 is 1.44 bits per heavy atom. The monoisotopic (exact) mass is 373 g/mol. The summed E-state index contributed by atoms with van der Waals surface area (Å²) in [5.74, 6) is 0. The number of hydrogen-bond donors (Lipinski definition) is 0. The van der Waals surface area contributed by atoms with Crippen molar-refractivity contribution in [1.82, 2.24) is 0 Å². The number of nitrogens with zero attached hydrogens (tertiary/aromatic N) is 1. The summed E-state index contributed by atoms with van der Waals surface area (Å²) in [7, 11) is -3.60. The van der Waals surface area contributed by atoms with Crippen LogP contribution >= 0.6 is 0 Å². The lowest BCUT2D eigenvalue weighted by Gasteiger charge is -2.02. The molecule has 0 atom stereocenters. The van der Waals surface area contributed by atoms with Crippen molar-refractivity contribution in [3.63, 3.8) is 0 Å². The first-order chi connectivity index (χ1) is 11.9. The Bertz CT molecular complexity index is 532. The third-order valence-electron chi connectivity index (χ3n) is 4.12. The van der Waals surface area contributed by atoms with E-state index in [0.29, 0.717) is 0 Å². The number of rotatable bonds is 12. The molecule has 1 aromatic rings. The molecule has 1 rings (SSSR count). The predicted octanol–water partition coefficient (Wildman–Crippen LogP) is 4.30. The van der Waals surface area contributed by atoms with Crippen LogP contribution in [0.1, 0.15) is 76.8 Å². The molecule has 1 heterocycles. The van der Waals surface area contributed by atoms with E-state index in [0.717, 1.165) is 7.11 Å². The summed E-state index contributed by atoms with van der Waals surface area (Å²) in [5.41, 5.74) is 1.37. The average molecular weight is 374 g/mol. The van der Waals surface area contributed by atoms with Gasteiger partial charge in [-0.3, -0.25) is 4.18 Å². The third kappa shape index (κ3) is 16.2. The molecule has 0 bridgehead atoms. The highest BCUT2D eigenvalue weighted by Crippen LogP contribution is 2.10. The number of aryl methyl sites for hydroxylation is 2. The summed E-state index contributed by atoms with van der Waals surface area (Å²) in [6.45, 7) is 5.66. The van der Waals surface area contributed by atoms with Crippen molar-refractivity contribution < 1.29 is 21.7 Å². The van der Waals surface area contributed by atoms with E-state index in [1.54, 1.807) is 0 Å². The van der Waals surface area contributed by atoms with E-state index in [9.17, 15) is 13.0 Å². The molecular weight excluding hydrogens is 338 g/mol. The van der Waals surface area contributed by atoms with E-state index in [1.807, 2.05) is 0 Å². The first-order valence-electron chi connectivity index (χ1n) is 9.37. The Morgan fingerprint density at radius 1 is 0.960 bits per heavy atom. The van der Waals surface area contributed by atoms with Crippen LogP contribution in [0.2, 0.25) is 0 Å². The maximum Gasteiger partial charge on any atom is 0.217 e. The van der Waals surface area contributed by atoms with Crippen LogP contribution in [0.3, 0.4) is 0 Å². The second-order valence-corrected chi connectivity index (χ2v) is 7.44. The Hall–Kier alpha value is -0.980. The van der Waals surface area contributed by atoms with Crippen LogP contribution in [0.15, 0.2) is 24.4 Å². The van der Waals surface area contributed by atoms with Gasteiger partial charge in [0.25, 0.3) is 0 Å². The van der Waals surface area contributed by atoms with Crippen LogP contribution in [-0.4, -0.2) is 20.1 Å². The maximum absolute atomic E-state index is 9.22. The molecule has 25 heavy (non-hydrogen) atoms. The highest BCUT2D eigenvalue weighted by molar-refractivity contribution is 7.80. The predicted molar refractivity (Wildman–Crippen MR) is 99.9 cm³/mol. The summed E-state index contributed by atoms with van der Waals surface area (Å²) < 4.78 is 33.4. The van der Waals surface area contributed by atoms with E-state index in [4.69, 9.17) is 0 Å². The number of unbranched alkanes of at least 4 members (excludes halogenated alkanes) is 9. The minimum atomic E-state index is -4.41. The molecule has 0 fully saturated rings. The second kappa shape index (κ2) is 15.3. The zero-order valence-corrected chi connectivity index (χ0v) is 16.9. The number of pyridine rings is 1. The smallest absolute Gasteiger partial charge is 0.217 e. The van der Waals surface area contributed by atoms with Gasteiger partial charge in [0, 0.05) is 25.5 Å². The summed E-state index contributed by atoms with van der Waals surface area (Å²) in [6, 6.07) is 6.43. The van der Waals surface area contributed by atoms with Gasteiger partial charge in [0.15, 0.2) is 11.9 Å². The molecule has 0 saturated carbocycles. The Kier molecular flexibility index (Phi) is 14.7. The van der Waals surface area contributed by atoms with Gasteiger partial charge < -0.3 is 4.55 Å². The minimum absolute atomic E-state index is 0.808. The standard InChI is InChI=1S/C18H32N.CH4O4S/c1-3-4-5-6-7-8-9-10-11-13-16-19-17-14-12-15-18(19)2;1-5-6(2,3)4/h12,14-15,17H,3-11,13,16H2,1-2H3;1H3,(H,2,3,4)/q+1;/p-1. The molecular formula is C19H35NO4S. The lowest BCUT2D eigenvalue weighted by atomic mass is 10.1. The van der Waals surface area contributed by atoms with Crippen molar-refractivity contribution in [3.05, 3.63) is 30.1 Å². The van der Waals surface area contributed by atoms with Crippen LogP contribution in [0, 0.1) is 6.92 Å². The van der Waals surface area contributed by atoms with Crippen molar-refractivity contribution in [2.24, 2.45) is 0 Å². The molecule has 6 heteroatoms. The zero-order chi connectivity index (χ0) is 19.0. The lowest BCUT2D eigenvalue weighted by molar-refractivity contribution is -0.703. The van der Waals surface area contributed by atoms with Crippen LogP contribution in [0.4, 0.5) is 0 Å². The second-order valence-electron chi connectivity index (χ2n) is 6.29. The van der Waals surface area contributed by atoms with Crippen LogP contribution in [0.5, 0.6) is 0 Å². The van der Waals surface area contributed by atoms with Gasteiger partial charge in [-0.1, -0.05) is 64.4 Å². The van der Waals surface area contributed by atoms with Gasteiger partial charge in [-0.2, -0.15) is 0 Å². The van der Waals surface area contributed by atoms with Crippen molar-refractivity contribution in [2.45, 2.75) is 84.6 Å². The zero-order valence-electron chi connectivity index (χ0n) is 16.1. The van der Waals surface area contributed by atoms with Gasteiger partial charge in [0.05, 0.1) is 7.11 Å². The molecule has 0 aromatic carbocycles. The van der Waals surface area contributed by atoms with E-state index in [1.165, 1.54) is 76.4 Å². The maximum atomic E-state index is 9.22. The Balaban J connectivity index is 0.000000823. The van der Waals surface area contributed by atoms with Crippen molar-refractivity contribution in [2.75, 3.05) is 7.11 Å². The fourth-order valence-corrected chi connectivity index (χ4v) is 2.58. The highest BCUT2D eigenvalue weighted by atomic mass is 32.3. The first-order valence-corrected chi connectivity index (χ1v) is 10.7. The van der Waals surface area contributed by atoms with Gasteiger partial charge in [0.1, 0.15) is 6.54 Å². The van der Waals surface area contributed by atoms with Crippen LogP contribution in [-0.2, 0) is 21.1 Å². The number of hydrogen-bond acceptors (Lipinski definition) is 4. The molecule has 0 aliphatic heterocycles. The normalized spacial score (nSPS) is 11.0. The van der Waals surface area contributed by atoms with Gasteiger partial charge >= 0.3 is 0 Å². The summed E-state index contributed by atoms with van der Waals surface area (Å²) in [4.78, 5) is 0. The number of aromatic nitrogens is 1. The van der Waals surface area contributed by atoms with Gasteiger partial charge in [-0.25, -0.2) is 13.0 Å². The fraction of sp³-hybridized carbons (Fsp3) is 0.737. The van der Waals surface area contributed by atoms with Crippen molar-refractivity contribution in [1.29, 1.82) is 0 Å². The Morgan fingerprint density at radius 3 is 1.88 bits per heavy atom. The summed E-state index contributed by atoms with van der Waals surface area (Å²) in [6.07, 6.45) is 16.3. The molecule has 0 amide bonds. The molecule has 146 valence electrons. The molecule has 0 aliphatic carbocycles. The quantitative estimate of drug-likeness (QED) is 0.237. The topological polar surface area (TPSA) is 70.3 Å². The van der Waals surface area contributed by atoms with Crippen molar-refractivity contribution >= 4 is 10.4 Å². The van der Waals surface area contributed by atoms with Crippen molar-refractivity contribution in [3.8, 4) is 0 Å². The largest absolute Gasteiger partial charge is 0.726 e. The molecule has 0 spiro atoms.